The first-order valence-corrected chi connectivity index (χ1v) is 12.0. The van der Waals surface area contributed by atoms with Gasteiger partial charge >= 0.3 is 0 Å². The fourth-order valence-corrected chi connectivity index (χ4v) is 5.10. The molecule has 0 aliphatic heterocycles. The number of hydrogen-bond donors (Lipinski definition) is 2. The van der Waals surface area contributed by atoms with Gasteiger partial charge in [0.15, 0.2) is 6.29 Å². The second-order valence-corrected chi connectivity index (χ2v) is 10.6. The molecular formula is C27H45NO3. The summed E-state index contributed by atoms with van der Waals surface area (Å²) in [7, 11) is 0. The molecule has 1 aromatic rings. The van der Waals surface area contributed by atoms with E-state index < -0.39 is 11.9 Å². The molecular weight excluding hydrogens is 386 g/mol. The SMILES string of the molecule is C=C(C)[C@@H]1CC[C@@](CO)(CC(O)OC(C)(C)C)C[C@H]1c1ccc(CN(CC)CC)cc1. The molecule has 0 amide bonds. The molecule has 1 unspecified atom stereocenters. The van der Waals surface area contributed by atoms with Crippen molar-refractivity contribution < 1.29 is 14.9 Å². The highest BCUT2D eigenvalue weighted by Gasteiger charge is 2.43. The molecule has 31 heavy (non-hydrogen) atoms. The van der Waals surface area contributed by atoms with Crippen molar-refractivity contribution in [2.24, 2.45) is 11.3 Å². The Balaban J connectivity index is 2.22. The van der Waals surface area contributed by atoms with E-state index in [9.17, 15) is 10.2 Å². The Hall–Kier alpha value is -1.20. The molecule has 0 heterocycles. The summed E-state index contributed by atoms with van der Waals surface area (Å²) >= 11 is 0. The van der Waals surface area contributed by atoms with Crippen LogP contribution in [0.2, 0.25) is 0 Å². The summed E-state index contributed by atoms with van der Waals surface area (Å²) in [5.41, 5.74) is 3.10. The summed E-state index contributed by atoms with van der Waals surface area (Å²) in [6, 6.07) is 9.01. The molecule has 0 saturated heterocycles. The molecule has 0 aromatic heterocycles. The van der Waals surface area contributed by atoms with Crippen LogP contribution in [0.1, 0.15) is 84.3 Å². The van der Waals surface area contributed by atoms with Crippen LogP contribution >= 0.6 is 0 Å². The van der Waals surface area contributed by atoms with Crippen molar-refractivity contribution in [1.29, 1.82) is 0 Å². The molecule has 176 valence electrons. The maximum atomic E-state index is 10.6. The normalized spacial score (nSPS) is 25.6. The summed E-state index contributed by atoms with van der Waals surface area (Å²) in [5.74, 6) is 0.691. The third kappa shape index (κ3) is 7.42. The third-order valence-corrected chi connectivity index (χ3v) is 6.90. The summed E-state index contributed by atoms with van der Waals surface area (Å²) in [6.45, 7) is 19.8. The summed E-state index contributed by atoms with van der Waals surface area (Å²) in [5, 5.41) is 21.0. The molecule has 0 radical (unpaired) electrons. The maximum absolute atomic E-state index is 10.6. The summed E-state index contributed by atoms with van der Waals surface area (Å²) < 4.78 is 5.78. The van der Waals surface area contributed by atoms with E-state index in [4.69, 9.17) is 4.74 Å². The predicted octanol–water partition coefficient (Wildman–Crippen LogP) is 5.49. The van der Waals surface area contributed by atoms with Crippen LogP contribution in [0.3, 0.4) is 0 Å². The van der Waals surface area contributed by atoms with E-state index >= 15 is 0 Å². The molecule has 4 heteroatoms. The van der Waals surface area contributed by atoms with E-state index in [2.05, 4.69) is 56.5 Å². The number of aliphatic hydroxyl groups is 2. The van der Waals surface area contributed by atoms with Crippen LogP contribution in [0.5, 0.6) is 0 Å². The van der Waals surface area contributed by atoms with E-state index in [1.165, 1.54) is 16.7 Å². The van der Waals surface area contributed by atoms with Crippen LogP contribution in [0, 0.1) is 11.3 Å². The van der Waals surface area contributed by atoms with Gasteiger partial charge in [-0.1, -0.05) is 50.3 Å². The van der Waals surface area contributed by atoms with Crippen LogP contribution < -0.4 is 0 Å². The second kappa shape index (κ2) is 11.1. The van der Waals surface area contributed by atoms with Gasteiger partial charge in [-0.15, -0.1) is 0 Å². The Morgan fingerprint density at radius 1 is 1.23 bits per heavy atom. The van der Waals surface area contributed by atoms with Gasteiger partial charge in [-0.2, -0.15) is 0 Å². The number of nitrogens with zero attached hydrogens (tertiary/aromatic N) is 1. The minimum absolute atomic E-state index is 0.0665. The van der Waals surface area contributed by atoms with Crippen LogP contribution in [0.25, 0.3) is 0 Å². The highest BCUT2D eigenvalue weighted by molar-refractivity contribution is 5.29. The quantitative estimate of drug-likeness (QED) is 0.380. The first-order valence-electron chi connectivity index (χ1n) is 12.0. The zero-order valence-electron chi connectivity index (χ0n) is 20.7. The van der Waals surface area contributed by atoms with Crippen molar-refractivity contribution in [3.63, 3.8) is 0 Å². The zero-order chi connectivity index (χ0) is 23.2. The minimum atomic E-state index is -0.870. The van der Waals surface area contributed by atoms with Gasteiger partial charge in [-0.25, -0.2) is 0 Å². The molecule has 4 nitrogen and oxygen atoms in total. The molecule has 1 aliphatic rings. The molecule has 1 aromatic carbocycles. The van der Waals surface area contributed by atoms with Crippen molar-refractivity contribution in [2.45, 2.75) is 91.6 Å². The number of allylic oxidation sites excluding steroid dienone is 1. The summed E-state index contributed by atoms with van der Waals surface area (Å²) in [4.78, 5) is 2.42. The molecule has 2 rings (SSSR count). The highest BCUT2D eigenvalue weighted by Crippen LogP contribution is 2.51. The second-order valence-electron chi connectivity index (χ2n) is 10.6. The average Bonchev–Trinajstić information content (AvgIpc) is 2.70. The van der Waals surface area contributed by atoms with Gasteiger partial charge in [0.2, 0.25) is 0 Å². The highest BCUT2D eigenvalue weighted by atomic mass is 16.6. The Bertz CT molecular complexity index is 689. The smallest absolute Gasteiger partial charge is 0.155 e. The van der Waals surface area contributed by atoms with Crippen molar-refractivity contribution in [1.82, 2.24) is 4.90 Å². The van der Waals surface area contributed by atoms with Gasteiger partial charge in [0.25, 0.3) is 0 Å². The van der Waals surface area contributed by atoms with Gasteiger partial charge in [0.05, 0.1) is 5.60 Å². The number of aliphatic hydroxyl groups excluding tert-OH is 2. The molecule has 4 atom stereocenters. The van der Waals surface area contributed by atoms with Gasteiger partial charge in [-0.3, -0.25) is 4.90 Å². The van der Waals surface area contributed by atoms with E-state index in [-0.39, 0.29) is 12.0 Å². The lowest BCUT2D eigenvalue weighted by molar-refractivity contribution is -0.188. The minimum Gasteiger partial charge on any atom is -0.396 e. The maximum Gasteiger partial charge on any atom is 0.155 e. The number of hydrogen-bond acceptors (Lipinski definition) is 4. The summed E-state index contributed by atoms with van der Waals surface area (Å²) in [6.07, 6.45) is 2.28. The third-order valence-electron chi connectivity index (χ3n) is 6.90. The van der Waals surface area contributed by atoms with Crippen molar-refractivity contribution in [3.8, 4) is 0 Å². The van der Waals surface area contributed by atoms with E-state index in [0.717, 1.165) is 38.9 Å². The molecule has 0 bridgehead atoms. The number of ether oxygens (including phenoxy) is 1. The molecule has 1 saturated carbocycles. The molecule has 1 aliphatic carbocycles. The van der Waals surface area contributed by atoms with Crippen LogP contribution in [0.4, 0.5) is 0 Å². The topological polar surface area (TPSA) is 52.9 Å². The Labute approximate surface area is 190 Å². The van der Waals surface area contributed by atoms with Crippen LogP contribution in [-0.4, -0.2) is 46.7 Å². The lowest BCUT2D eigenvalue weighted by Crippen LogP contribution is -2.40. The zero-order valence-corrected chi connectivity index (χ0v) is 20.7. The standard InChI is InChI=1S/C27H45NO3/c1-8-28(9-2)18-21-10-12-22(13-11-21)24-16-27(19-29,15-14-23(24)20(3)4)17-25(30)31-26(5,6)7/h10-13,23-25,29-30H,3,8-9,14-19H2,1-2,4-7H3/t23-,24-,25?,27-/m0/s1. The lowest BCUT2D eigenvalue weighted by atomic mass is 9.61. The Kier molecular flexibility index (Phi) is 9.32. The fraction of sp³-hybridized carbons (Fsp3) is 0.704. The number of benzene rings is 1. The van der Waals surface area contributed by atoms with Crippen LogP contribution in [-0.2, 0) is 11.3 Å². The van der Waals surface area contributed by atoms with Crippen LogP contribution in [0.15, 0.2) is 36.4 Å². The predicted molar refractivity (Wildman–Crippen MR) is 129 cm³/mol. The van der Waals surface area contributed by atoms with Crippen molar-refractivity contribution in [3.05, 3.63) is 47.5 Å². The van der Waals surface area contributed by atoms with E-state index in [1.54, 1.807) is 0 Å². The monoisotopic (exact) mass is 431 g/mol. The lowest BCUT2D eigenvalue weighted by Gasteiger charge is -2.45. The van der Waals surface area contributed by atoms with Crippen molar-refractivity contribution in [2.75, 3.05) is 19.7 Å². The number of rotatable bonds is 10. The van der Waals surface area contributed by atoms with Gasteiger partial charge < -0.3 is 14.9 Å². The Morgan fingerprint density at radius 2 is 1.84 bits per heavy atom. The molecule has 0 spiro atoms. The molecule has 2 N–H and O–H groups in total. The van der Waals surface area contributed by atoms with Gasteiger partial charge in [0, 0.05) is 19.6 Å². The van der Waals surface area contributed by atoms with Crippen molar-refractivity contribution >= 4 is 0 Å². The largest absolute Gasteiger partial charge is 0.396 e. The average molecular weight is 432 g/mol. The first-order chi connectivity index (χ1) is 14.5. The fourth-order valence-electron chi connectivity index (χ4n) is 5.10. The molecule has 1 fully saturated rings. The first kappa shape index (κ1) is 26.1. The van der Waals surface area contributed by atoms with Gasteiger partial charge in [-0.05, 0) is 88.4 Å². The van der Waals surface area contributed by atoms with Gasteiger partial charge in [0.1, 0.15) is 0 Å². The van der Waals surface area contributed by atoms with E-state index in [0.29, 0.717) is 18.3 Å². The van der Waals surface area contributed by atoms with E-state index in [1.807, 2.05) is 20.8 Å². The Morgan fingerprint density at radius 3 is 2.32 bits per heavy atom.